The zero-order valence-corrected chi connectivity index (χ0v) is 21.6. The van der Waals surface area contributed by atoms with E-state index >= 15 is 0 Å². The highest BCUT2D eigenvalue weighted by atomic mass is 35.5. The van der Waals surface area contributed by atoms with Crippen molar-refractivity contribution in [1.29, 1.82) is 0 Å². The van der Waals surface area contributed by atoms with Gasteiger partial charge in [0, 0.05) is 6.54 Å². The van der Waals surface area contributed by atoms with Gasteiger partial charge in [0.1, 0.15) is 5.38 Å². The second kappa shape index (κ2) is 11.1. The highest BCUT2D eigenvalue weighted by Gasteiger charge is 2.41. The van der Waals surface area contributed by atoms with Gasteiger partial charge in [-0.2, -0.15) is 0 Å². The topological polar surface area (TPSA) is 55.8 Å². The smallest absolute Gasteiger partial charge is 0.330 e. The summed E-state index contributed by atoms with van der Waals surface area (Å²) in [6.07, 6.45) is 0. The summed E-state index contributed by atoms with van der Waals surface area (Å²) in [7, 11) is -0.847. The van der Waals surface area contributed by atoms with Crippen LogP contribution >= 0.6 is 11.6 Å². The number of methoxy groups -OCH3 is 1. The molecular formula is C25H34ClNO4Si. The number of halogens is 1. The van der Waals surface area contributed by atoms with Crippen molar-refractivity contribution in [2.75, 3.05) is 13.7 Å². The van der Waals surface area contributed by atoms with E-state index in [-0.39, 0.29) is 24.1 Å². The number of benzene rings is 2. The van der Waals surface area contributed by atoms with Gasteiger partial charge in [-0.25, -0.2) is 4.79 Å². The first-order chi connectivity index (χ1) is 15.0. The van der Waals surface area contributed by atoms with E-state index in [1.807, 2.05) is 48.5 Å². The summed E-state index contributed by atoms with van der Waals surface area (Å²) in [6, 6.07) is 17.7. The average molecular weight is 476 g/mol. The van der Waals surface area contributed by atoms with Crippen molar-refractivity contribution >= 4 is 31.8 Å². The Bertz CT molecular complexity index is 884. The minimum Gasteiger partial charge on any atom is -0.467 e. The molecule has 0 aliphatic rings. The third-order valence-corrected chi connectivity index (χ3v) is 11.0. The molecule has 0 aliphatic heterocycles. The number of ether oxygens (including phenoxy) is 1. The van der Waals surface area contributed by atoms with Gasteiger partial charge >= 0.3 is 5.97 Å². The summed E-state index contributed by atoms with van der Waals surface area (Å²) in [6.45, 7) is 10.9. The molecule has 0 N–H and O–H groups in total. The molecule has 7 heteroatoms. The fourth-order valence-electron chi connectivity index (χ4n) is 2.96. The maximum Gasteiger partial charge on any atom is 0.330 e. The van der Waals surface area contributed by atoms with E-state index in [4.69, 9.17) is 20.8 Å². The number of carbonyl (C=O) groups is 2. The zero-order valence-electron chi connectivity index (χ0n) is 19.8. The normalized spacial score (nSPS) is 13.8. The van der Waals surface area contributed by atoms with E-state index in [2.05, 4.69) is 33.9 Å². The molecule has 0 heterocycles. The molecule has 0 saturated carbocycles. The summed E-state index contributed by atoms with van der Waals surface area (Å²) in [5, 5.41) is -0.971. The van der Waals surface area contributed by atoms with Gasteiger partial charge in [-0.3, -0.25) is 4.79 Å². The fraction of sp³-hybridized carbons (Fsp3) is 0.440. The number of alkyl halides is 1. The van der Waals surface area contributed by atoms with E-state index in [1.54, 1.807) is 12.1 Å². The molecule has 0 bridgehead atoms. The van der Waals surface area contributed by atoms with Crippen LogP contribution in [0, 0.1) is 0 Å². The van der Waals surface area contributed by atoms with Crippen molar-refractivity contribution in [3.05, 3.63) is 71.8 Å². The highest BCUT2D eigenvalue weighted by Crippen LogP contribution is 2.37. The van der Waals surface area contributed by atoms with Crippen LogP contribution in [0.2, 0.25) is 18.1 Å². The Morgan fingerprint density at radius 2 is 1.53 bits per heavy atom. The molecule has 174 valence electrons. The standard InChI is InChI=1S/C25H34ClNO4Si/c1-25(2,3)32(5,6)31-18-21(24(29)30-4)27(17-19-13-9-7-10-14-19)23(28)22(26)20-15-11-8-12-16-20/h7-16,21-22H,17-18H2,1-6H3. The summed E-state index contributed by atoms with van der Waals surface area (Å²) in [5.41, 5.74) is 1.56. The Labute approximate surface area is 197 Å². The molecule has 2 aromatic carbocycles. The number of nitrogens with zero attached hydrogens (tertiary/aromatic N) is 1. The summed E-state index contributed by atoms with van der Waals surface area (Å²) >= 11 is 6.60. The molecule has 1 amide bonds. The molecule has 0 radical (unpaired) electrons. The molecule has 32 heavy (non-hydrogen) atoms. The number of hydrogen-bond donors (Lipinski definition) is 0. The summed E-state index contributed by atoms with van der Waals surface area (Å²) in [5.74, 6) is -0.888. The largest absolute Gasteiger partial charge is 0.467 e. The molecule has 0 fully saturated rings. The lowest BCUT2D eigenvalue weighted by molar-refractivity contribution is -0.155. The maximum atomic E-state index is 13.6. The zero-order chi connectivity index (χ0) is 23.9. The number of esters is 1. The summed E-state index contributed by atoms with van der Waals surface area (Å²) < 4.78 is 11.4. The molecular weight excluding hydrogens is 442 g/mol. The van der Waals surface area contributed by atoms with Crippen molar-refractivity contribution < 1.29 is 18.8 Å². The first kappa shape index (κ1) is 26.1. The van der Waals surface area contributed by atoms with Crippen LogP contribution in [0.5, 0.6) is 0 Å². The first-order valence-corrected chi connectivity index (χ1v) is 14.1. The first-order valence-electron chi connectivity index (χ1n) is 10.7. The van der Waals surface area contributed by atoms with Crippen LogP contribution in [0.3, 0.4) is 0 Å². The van der Waals surface area contributed by atoms with Crippen molar-refractivity contribution in [2.24, 2.45) is 0 Å². The van der Waals surface area contributed by atoms with Crippen LogP contribution in [0.15, 0.2) is 60.7 Å². The van der Waals surface area contributed by atoms with Gasteiger partial charge in [0.25, 0.3) is 0 Å². The van der Waals surface area contributed by atoms with Gasteiger partial charge in [0.15, 0.2) is 14.4 Å². The molecule has 2 aromatic rings. The van der Waals surface area contributed by atoms with Gasteiger partial charge in [0.2, 0.25) is 5.91 Å². The Balaban J connectivity index is 2.40. The minimum absolute atomic E-state index is 0.0407. The highest BCUT2D eigenvalue weighted by molar-refractivity contribution is 6.74. The molecule has 2 rings (SSSR count). The molecule has 0 aromatic heterocycles. The van der Waals surface area contributed by atoms with Gasteiger partial charge in [-0.15, -0.1) is 11.6 Å². The third kappa shape index (κ3) is 6.67. The van der Waals surface area contributed by atoms with Crippen LogP contribution in [-0.4, -0.2) is 44.9 Å². The number of rotatable bonds is 9. The second-order valence-corrected chi connectivity index (χ2v) is 14.6. The predicted molar refractivity (Wildman–Crippen MR) is 131 cm³/mol. The monoisotopic (exact) mass is 475 g/mol. The van der Waals surface area contributed by atoms with E-state index in [1.165, 1.54) is 12.0 Å². The van der Waals surface area contributed by atoms with Gasteiger partial charge in [-0.1, -0.05) is 81.4 Å². The quantitative estimate of drug-likeness (QED) is 0.270. The molecule has 5 nitrogen and oxygen atoms in total. The Morgan fingerprint density at radius 3 is 2.03 bits per heavy atom. The Kier molecular flexibility index (Phi) is 9.07. The number of amides is 1. The van der Waals surface area contributed by atoms with Crippen LogP contribution in [0.1, 0.15) is 37.3 Å². The molecule has 0 spiro atoms. The maximum absolute atomic E-state index is 13.6. The van der Waals surface area contributed by atoms with Crippen molar-refractivity contribution in [1.82, 2.24) is 4.90 Å². The lowest BCUT2D eigenvalue weighted by Crippen LogP contribution is -2.52. The van der Waals surface area contributed by atoms with Crippen molar-refractivity contribution in [3.8, 4) is 0 Å². The lowest BCUT2D eigenvalue weighted by atomic mass is 10.1. The molecule has 0 aliphatic carbocycles. The van der Waals surface area contributed by atoms with Crippen LogP contribution in [0.4, 0.5) is 0 Å². The molecule has 0 saturated heterocycles. The van der Waals surface area contributed by atoms with E-state index in [9.17, 15) is 9.59 Å². The van der Waals surface area contributed by atoms with Crippen LogP contribution in [0.25, 0.3) is 0 Å². The van der Waals surface area contributed by atoms with Gasteiger partial charge < -0.3 is 14.1 Å². The third-order valence-electron chi connectivity index (χ3n) is 6.05. The lowest BCUT2D eigenvalue weighted by Gasteiger charge is -2.39. The van der Waals surface area contributed by atoms with Gasteiger partial charge in [0.05, 0.1) is 13.7 Å². The number of carbonyl (C=O) groups excluding carboxylic acids is 2. The Hall–Kier alpha value is -2.15. The van der Waals surface area contributed by atoms with E-state index in [0.29, 0.717) is 5.56 Å². The SMILES string of the molecule is COC(=O)C(CO[Si](C)(C)C(C)(C)C)N(Cc1ccccc1)C(=O)C(Cl)c1ccccc1. The van der Waals surface area contributed by atoms with Crippen molar-refractivity contribution in [3.63, 3.8) is 0 Å². The Morgan fingerprint density at radius 1 is 1.00 bits per heavy atom. The van der Waals surface area contributed by atoms with Gasteiger partial charge in [-0.05, 0) is 29.3 Å². The van der Waals surface area contributed by atoms with Crippen molar-refractivity contribution in [2.45, 2.75) is 56.9 Å². The molecule has 2 unspecified atom stereocenters. The summed E-state index contributed by atoms with van der Waals surface area (Å²) in [4.78, 5) is 27.9. The number of hydrogen-bond acceptors (Lipinski definition) is 4. The minimum atomic E-state index is -2.17. The second-order valence-electron chi connectivity index (χ2n) is 9.34. The van der Waals surface area contributed by atoms with E-state index < -0.39 is 25.7 Å². The van der Waals surface area contributed by atoms with Crippen LogP contribution < -0.4 is 0 Å². The fourth-order valence-corrected chi connectivity index (χ4v) is 4.24. The molecule has 2 atom stereocenters. The van der Waals surface area contributed by atoms with Crippen LogP contribution in [-0.2, 0) is 25.3 Å². The average Bonchev–Trinajstić information content (AvgIpc) is 2.77. The van der Waals surface area contributed by atoms with E-state index in [0.717, 1.165) is 5.56 Å². The predicted octanol–water partition coefficient (Wildman–Crippen LogP) is 5.56.